The lowest BCUT2D eigenvalue weighted by atomic mass is 10.1. The van der Waals surface area contributed by atoms with E-state index in [2.05, 4.69) is 5.32 Å². The van der Waals surface area contributed by atoms with E-state index >= 15 is 0 Å². The highest BCUT2D eigenvalue weighted by Crippen LogP contribution is 2.24. The maximum Gasteiger partial charge on any atom is 0.270 e. The van der Waals surface area contributed by atoms with Crippen molar-refractivity contribution < 1.29 is 18.7 Å². The number of nitrogens with one attached hydrogen (secondary N) is 1. The minimum atomic E-state index is -0.685. The Hall–Kier alpha value is -3.06. The number of rotatable bonds is 3. The molecule has 25 heavy (non-hydrogen) atoms. The van der Waals surface area contributed by atoms with E-state index in [-0.39, 0.29) is 16.4 Å². The quantitative estimate of drug-likeness (QED) is 0.522. The van der Waals surface area contributed by atoms with Gasteiger partial charge in [-0.1, -0.05) is 24.3 Å². The monoisotopic (exact) mass is 356 g/mol. The SMILES string of the molecule is COc1ccc(C=C2C(=O)NC(=S)N(c3ccccc3F)C2=O)cc1. The fraction of sp³-hybridized carbons (Fsp3) is 0.0556. The first-order valence-electron chi connectivity index (χ1n) is 7.31. The number of hydrogen-bond donors (Lipinski definition) is 1. The zero-order valence-corrected chi connectivity index (χ0v) is 14.0. The van der Waals surface area contributed by atoms with Gasteiger partial charge in [-0.25, -0.2) is 9.29 Å². The van der Waals surface area contributed by atoms with Crippen molar-refractivity contribution in [2.75, 3.05) is 12.0 Å². The highest BCUT2D eigenvalue weighted by molar-refractivity contribution is 7.80. The Bertz CT molecular complexity index is 893. The van der Waals surface area contributed by atoms with E-state index in [1.807, 2.05) is 0 Å². The number of anilines is 1. The van der Waals surface area contributed by atoms with Crippen LogP contribution < -0.4 is 15.0 Å². The van der Waals surface area contributed by atoms with Crippen LogP contribution >= 0.6 is 12.2 Å². The predicted molar refractivity (Wildman–Crippen MR) is 95.6 cm³/mol. The molecule has 0 radical (unpaired) electrons. The van der Waals surface area contributed by atoms with Gasteiger partial charge in [-0.05, 0) is 48.1 Å². The summed E-state index contributed by atoms with van der Waals surface area (Å²) in [6.07, 6.45) is 1.42. The number of benzene rings is 2. The van der Waals surface area contributed by atoms with E-state index in [1.165, 1.54) is 24.3 Å². The minimum Gasteiger partial charge on any atom is -0.497 e. The van der Waals surface area contributed by atoms with Gasteiger partial charge in [0.15, 0.2) is 5.11 Å². The molecule has 0 spiro atoms. The first-order valence-corrected chi connectivity index (χ1v) is 7.72. The Morgan fingerprint density at radius 2 is 1.80 bits per heavy atom. The summed E-state index contributed by atoms with van der Waals surface area (Å²) in [6.45, 7) is 0. The Balaban J connectivity index is 2.00. The molecule has 1 fully saturated rings. The second-order valence-corrected chi connectivity index (χ2v) is 5.57. The van der Waals surface area contributed by atoms with Crippen LogP contribution in [0.3, 0.4) is 0 Å². The van der Waals surface area contributed by atoms with E-state index in [0.29, 0.717) is 11.3 Å². The molecule has 1 heterocycles. The molecule has 1 aliphatic rings. The molecule has 0 atom stereocenters. The maximum absolute atomic E-state index is 14.1. The maximum atomic E-state index is 14.1. The lowest BCUT2D eigenvalue weighted by molar-refractivity contribution is -0.122. The van der Waals surface area contributed by atoms with Gasteiger partial charge in [0, 0.05) is 0 Å². The number of nitrogens with zero attached hydrogens (tertiary/aromatic N) is 1. The summed E-state index contributed by atoms with van der Waals surface area (Å²) in [6, 6.07) is 12.5. The van der Waals surface area contributed by atoms with Crippen LogP contribution in [-0.2, 0) is 9.59 Å². The molecule has 2 amide bonds. The molecule has 2 aromatic carbocycles. The fourth-order valence-electron chi connectivity index (χ4n) is 2.38. The Labute approximate surface area is 148 Å². The van der Waals surface area contributed by atoms with Crippen LogP contribution in [0, 0.1) is 5.82 Å². The molecule has 1 saturated heterocycles. The minimum absolute atomic E-state index is 0.0156. The zero-order chi connectivity index (χ0) is 18.0. The molecule has 0 saturated carbocycles. The summed E-state index contributed by atoms with van der Waals surface area (Å²) >= 11 is 5.04. The van der Waals surface area contributed by atoms with Gasteiger partial charge in [0.05, 0.1) is 12.8 Å². The summed E-state index contributed by atoms with van der Waals surface area (Å²) in [5, 5.41) is 2.26. The molecule has 0 unspecified atom stereocenters. The van der Waals surface area contributed by atoms with Crippen molar-refractivity contribution >= 4 is 40.9 Å². The van der Waals surface area contributed by atoms with Gasteiger partial charge in [-0.2, -0.15) is 0 Å². The van der Waals surface area contributed by atoms with Gasteiger partial charge >= 0.3 is 0 Å². The van der Waals surface area contributed by atoms with E-state index in [0.717, 1.165) is 4.90 Å². The summed E-state index contributed by atoms with van der Waals surface area (Å²) in [5.41, 5.74) is 0.473. The number of carbonyl (C=O) groups is 2. The molecule has 0 bridgehead atoms. The molecular weight excluding hydrogens is 343 g/mol. The molecule has 0 aliphatic carbocycles. The normalized spacial score (nSPS) is 16.2. The van der Waals surface area contributed by atoms with Crippen molar-refractivity contribution in [2.24, 2.45) is 0 Å². The van der Waals surface area contributed by atoms with Gasteiger partial charge in [0.25, 0.3) is 11.8 Å². The number of hydrogen-bond acceptors (Lipinski definition) is 4. The molecule has 126 valence electrons. The molecular formula is C18H13FN2O3S. The third-order valence-electron chi connectivity index (χ3n) is 3.62. The zero-order valence-electron chi connectivity index (χ0n) is 13.2. The standard InChI is InChI=1S/C18H13FN2O3S/c1-24-12-8-6-11(7-9-12)10-13-16(22)20-18(25)21(17(13)23)15-5-3-2-4-14(15)19/h2-10H,1H3,(H,20,22,25). The third kappa shape index (κ3) is 3.27. The van der Waals surface area contributed by atoms with Crippen LogP contribution in [0.1, 0.15) is 5.56 Å². The highest BCUT2D eigenvalue weighted by atomic mass is 32.1. The molecule has 0 aromatic heterocycles. The second kappa shape index (κ2) is 6.82. The molecule has 1 aliphatic heterocycles. The topological polar surface area (TPSA) is 58.6 Å². The van der Waals surface area contributed by atoms with Crippen LogP contribution in [0.15, 0.2) is 54.1 Å². The first-order chi connectivity index (χ1) is 12.0. The van der Waals surface area contributed by atoms with Crippen molar-refractivity contribution in [1.82, 2.24) is 5.32 Å². The molecule has 1 N–H and O–H groups in total. The Morgan fingerprint density at radius 3 is 2.44 bits per heavy atom. The van der Waals surface area contributed by atoms with Crippen molar-refractivity contribution in [1.29, 1.82) is 0 Å². The van der Waals surface area contributed by atoms with Gasteiger partial charge in [-0.3, -0.25) is 14.9 Å². The molecule has 7 heteroatoms. The van der Waals surface area contributed by atoms with Crippen molar-refractivity contribution in [3.05, 3.63) is 65.5 Å². The lowest BCUT2D eigenvalue weighted by Crippen LogP contribution is -2.54. The first kappa shape index (κ1) is 16.8. The van der Waals surface area contributed by atoms with Gasteiger partial charge in [0.2, 0.25) is 0 Å². The lowest BCUT2D eigenvalue weighted by Gasteiger charge is -2.29. The van der Waals surface area contributed by atoms with Crippen LogP contribution in [0.2, 0.25) is 0 Å². The number of carbonyl (C=O) groups excluding carboxylic acids is 2. The average Bonchev–Trinajstić information content (AvgIpc) is 2.60. The number of methoxy groups -OCH3 is 1. The van der Waals surface area contributed by atoms with Gasteiger partial charge in [0.1, 0.15) is 17.1 Å². The predicted octanol–water partition coefficient (Wildman–Crippen LogP) is 2.67. The number of para-hydroxylation sites is 1. The number of ether oxygens (including phenoxy) is 1. The summed E-state index contributed by atoms with van der Waals surface area (Å²) in [4.78, 5) is 25.9. The Kier molecular flexibility index (Phi) is 4.58. The largest absolute Gasteiger partial charge is 0.497 e. The van der Waals surface area contributed by atoms with E-state index in [4.69, 9.17) is 17.0 Å². The number of halogens is 1. The molecule has 3 rings (SSSR count). The van der Waals surface area contributed by atoms with E-state index < -0.39 is 17.6 Å². The second-order valence-electron chi connectivity index (χ2n) is 5.18. The fourth-order valence-corrected chi connectivity index (χ4v) is 2.65. The van der Waals surface area contributed by atoms with Gasteiger partial charge in [-0.15, -0.1) is 0 Å². The third-order valence-corrected chi connectivity index (χ3v) is 3.91. The average molecular weight is 356 g/mol. The molecule has 5 nitrogen and oxygen atoms in total. The Morgan fingerprint density at radius 1 is 1.12 bits per heavy atom. The van der Waals surface area contributed by atoms with Crippen LogP contribution in [0.25, 0.3) is 6.08 Å². The van der Waals surface area contributed by atoms with Crippen LogP contribution in [0.4, 0.5) is 10.1 Å². The van der Waals surface area contributed by atoms with E-state index in [9.17, 15) is 14.0 Å². The summed E-state index contributed by atoms with van der Waals surface area (Å²) in [5.74, 6) is -1.28. The summed E-state index contributed by atoms with van der Waals surface area (Å²) in [7, 11) is 1.54. The highest BCUT2D eigenvalue weighted by Gasteiger charge is 2.35. The van der Waals surface area contributed by atoms with E-state index in [1.54, 1.807) is 37.4 Å². The number of thiocarbonyl (C=S) groups is 1. The van der Waals surface area contributed by atoms with Gasteiger partial charge < -0.3 is 4.74 Å². The van der Waals surface area contributed by atoms with Crippen molar-refractivity contribution in [2.45, 2.75) is 0 Å². The smallest absolute Gasteiger partial charge is 0.270 e. The van der Waals surface area contributed by atoms with Crippen LogP contribution in [0.5, 0.6) is 5.75 Å². The van der Waals surface area contributed by atoms with Crippen LogP contribution in [-0.4, -0.2) is 24.0 Å². The molecule has 2 aromatic rings. The van der Waals surface area contributed by atoms with Crippen molar-refractivity contribution in [3.8, 4) is 5.75 Å². The number of amides is 2. The van der Waals surface area contributed by atoms with Crippen molar-refractivity contribution in [3.63, 3.8) is 0 Å². The summed E-state index contributed by atoms with van der Waals surface area (Å²) < 4.78 is 19.1.